The number of hydrogen-bond donors (Lipinski definition) is 1. The van der Waals surface area contributed by atoms with Gasteiger partial charge in [-0.2, -0.15) is 5.10 Å². The SMILES string of the molecule is CC(CN)n1ncc(Br)c1C1CCCCC1. The van der Waals surface area contributed by atoms with Gasteiger partial charge in [0.05, 0.1) is 22.4 Å². The standard InChI is InChI=1S/C12H20BrN3/c1-9(7-14)16-12(11(13)8-15-16)10-5-3-2-4-6-10/h8-10H,2-7,14H2,1H3. The molecule has 3 nitrogen and oxygen atoms in total. The zero-order chi connectivity index (χ0) is 11.5. The number of aromatic nitrogens is 2. The van der Waals surface area contributed by atoms with Gasteiger partial charge in [-0.15, -0.1) is 0 Å². The summed E-state index contributed by atoms with van der Waals surface area (Å²) < 4.78 is 3.26. The van der Waals surface area contributed by atoms with E-state index in [4.69, 9.17) is 5.73 Å². The minimum atomic E-state index is 0.295. The van der Waals surface area contributed by atoms with Crippen molar-refractivity contribution in [1.82, 2.24) is 9.78 Å². The van der Waals surface area contributed by atoms with E-state index in [2.05, 4.69) is 32.6 Å². The number of nitrogens with two attached hydrogens (primary N) is 1. The van der Waals surface area contributed by atoms with Crippen molar-refractivity contribution in [2.45, 2.75) is 51.0 Å². The lowest BCUT2D eigenvalue weighted by molar-refractivity contribution is 0.394. The smallest absolute Gasteiger partial charge is 0.0635 e. The Morgan fingerprint density at radius 1 is 1.50 bits per heavy atom. The highest BCUT2D eigenvalue weighted by atomic mass is 79.9. The fourth-order valence-corrected chi connectivity index (χ4v) is 3.16. The van der Waals surface area contributed by atoms with Crippen LogP contribution in [0.5, 0.6) is 0 Å². The summed E-state index contributed by atoms with van der Waals surface area (Å²) in [6.07, 6.45) is 8.58. The van der Waals surface area contributed by atoms with Crippen LogP contribution in [0.1, 0.15) is 56.7 Å². The van der Waals surface area contributed by atoms with Crippen molar-refractivity contribution >= 4 is 15.9 Å². The van der Waals surface area contributed by atoms with Crippen molar-refractivity contribution in [3.05, 3.63) is 16.4 Å². The molecule has 0 saturated heterocycles. The third-order valence-corrected chi connectivity index (χ3v) is 4.15. The molecule has 1 aromatic heterocycles. The van der Waals surface area contributed by atoms with Crippen LogP contribution in [0.3, 0.4) is 0 Å². The molecule has 1 saturated carbocycles. The van der Waals surface area contributed by atoms with Crippen LogP contribution in [-0.4, -0.2) is 16.3 Å². The first kappa shape index (κ1) is 12.1. The largest absolute Gasteiger partial charge is 0.328 e. The average Bonchev–Trinajstić information content (AvgIpc) is 2.71. The van der Waals surface area contributed by atoms with Crippen molar-refractivity contribution in [2.75, 3.05) is 6.54 Å². The van der Waals surface area contributed by atoms with E-state index in [1.807, 2.05) is 6.20 Å². The van der Waals surface area contributed by atoms with E-state index in [9.17, 15) is 0 Å². The first-order chi connectivity index (χ1) is 7.74. The average molecular weight is 286 g/mol. The van der Waals surface area contributed by atoms with Gasteiger partial charge >= 0.3 is 0 Å². The molecule has 2 N–H and O–H groups in total. The van der Waals surface area contributed by atoms with Crippen LogP contribution in [0.25, 0.3) is 0 Å². The normalized spacial score (nSPS) is 19.9. The van der Waals surface area contributed by atoms with Crippen molar-refractivity contribution in [2.24, 2.45) is 5.73 Å². The number of halogens is 1. The Morgan fingerprint density at radius 3 is 2.81 bits per heavy atom. The van der Waals surface area contributed by atoms with Crippen molar-refractivity contribution < 1.29 is 0 Å². The first-order valence-corrected chi connectivity index (χ1v) is 6.96. The van der Waals surface area contributed by atoms with Gasteiger partial charge in [-0.1, -0.05) is 19.3 Å². The Labute approximate surface area is 106 Å². The maximum absolute atomic E-state index is 5.74. The Bertz CT molecular complexity index is 342. The summed E-state index contributed by atoms with van der Waals surface area (Å²) in [4.78, 5) is 0. The molecule has 1 heterocycles. The molecule has 0 aliphatic heterocycles. The molecule has 0 aromatic carbocycles. The summed E-state index contributed by atoms with van der Waals surface area (Å²) in [5, 5.41) is 4.45. The summed E-state index contributed by atoms with van der Waals surface area (Å²) in [6, 6.07) is 0.295. The highest BCUT2D eigenvalue weighted by molar-refractivity contribution is 9.10. The second-order valence-electron chi connectivity index (χ2n) is 4.74. The molecular formula is C12H20BrN3. The Morgan fingerprint density at radius 2 is 2.19 bits per heavy atom. The Hall–Kier alpha value is -0.350. The van der Waals surface area contributed by atoms with Crippen LogP contribution in [0.4, 0.5) is 0 Å². The van der Waals surface area contributed by atoms with Crippen LogP contribution in [0, 0.1) is 0 Å². The summed E-state index contributed by atoms with van der Waals surface area (Å²) in [6.45, 7) is 2.78. The van der Waals surface area contributed by atoms with Gasteiger partial charge in [0, 0.05) is 12.5 Å². The monoisotopic (exact) mass is 285 g/mol. The maximum Gasteiger partial charge on any atom is 0.0635 e. The van der Waals surface area contributed by atoms with Crippen molar-refractivity contribution in [3.63, 3.8) is 0 Å². The van der Waals surface area contributed by atoms with Crippen molar-refractivity contribution in [1.29, 1.82) is 0 Å². The van der Waals surface area contributed by atoms with E-state index < -0.39 is 0 Å². The highest BCUT2D eigenvalue weighted by Gasteiger charge is 2.23. The molecule has 1 aromatic rings. The number of nitrogens with zero attached hydrogens (tertiary/aromatic N) is 2. The Balaban J connectivity index is 2.26. The minimum Gasteiger partial charge on any atom is -0.328 e. The molecule has 1 aliphatic carbocycles. The maximum atomic E-state index is 5.74. The molecule has 0 spiro atoms. The zero-order valence-electron chi connectivity index (χ0n) is 9.82. The molecule has 1 unspecified atom stereocenters. The molecule has 90 valence electrons. The second kappa shape index (κ2) is 5.32. The predicted molar refractivity (Wildman–Crippen MR) is 69.5 cm³/mol. The minimum absolute atomic E-state index is 0.295. The van der Waals surface area contributed by atoms with Gasteiger partial charge in [0.1, 0.15) is 0 Å². The lowest BCUT2D eigenvalue weighted by Gasteiger charge is -2.25. The van der Waals surface area contributed by atoms with Crippen LogP contribution in [0.2, 0.25) is 0 Å². The van der Waals surface area contributed by atoms with E-state index in [-0.39, 0.29) is 0 Å². The molecule has 0 bridgehead atoms. The van der Waals surface area contributed by atoms with Gasteiger partial charge in [-0.25, -0.2) is 0 Å². The third kappa shape index (κ3) is 2.33. The van der Waals surface area contributed by atoms with Crippen LogP contribution in [0.15, 0.2) is 10.7 Å². The molecule has 1 atom stereocenters. The molecule has 1 aliphatic rings. The van der Waals surface area contributed by atoms with E-state index in [0.29, 0.717) is 18.5 Å². The quantitative estimate of drug-likeness (QED) is 0.927. The predicted octanol–water partition coefficient (Wildman–Crippen LogP) is 3.21. The summed E-state index contributed by atoms with van der Waals surface area (Å²) >= 11 is 3.63. The van der Waals surface area contributed by atoms with Gasteiger partial charge in [0.2, 0.25) is 0 Å². The molecule has 16 heavy (non-hydrogen) atoms. The Kier molecular flexibility index (Phi) is 4.03. The summed E-state index contributed by atoms with van der Waals surface area (Å²) in [5.41, 5.74) is 7.09. The van der Waals surface area contributed by atoms with Gasteiger partial charge in [0.15, 0.2) is 0 Å². The molecule has 0 amide bonds. The molecule has 2 rings (SSSR count). The second-order valence-corrected chi connectivity index (χ2v) is 5.60. The van der Waals surface area contributed by atoms with Gasteiger partial charge < -0.3 is 5.73 Å². The molecule has 1 fully saturated rings. The third-order valence-electron chi connectivity index (χ3n) is 3.54. The zero-order valence-corrected chi connectivity index (χ0v) is 11.4. The summed E-state index contributed by atoms with van der Waals surface area (Å²) in [7, 11) is 0. The van der Waals surface area contributed by atoms with Crippen molar-refractivity contribution in [3.8, 4) is 0 Å². The fraction of sp³-hybridized carbons (Fsp3) is 0.750. The molecule has 4 heteroatoms. The molecular weight excluding hydrogens is 266 g/mol. The summed E-state index contributed by atoms with van der Waals surface area (Å²) in [5.74, 6) is 0.666. The first-order valence-electron chi connectivity index (χ1n) is 6.17. The van der Waals surface area contributed by atoms with Gasteiger partial charge in [-0.05, 0) is 35.7 Å². The number of hydrogen-bond acceptors (Lipinski definition) is 2. The molecule has 0 radical (unpaired) electrons. The number of rotatable bonds is 3. The lowest BCUT2D eigenvalue weighted by atomic mass is 9.87. The van der Waals surface area contributed by atoms with Crippen LogP contribution >= 0.6 is 15.9 Å². The highest BCUT2D eigenvalue weighted by Crippen LogP contribution is 2.37. The lowest BCUT2D eigenvalue weighted by Crippen LogP contribution is -2.21. The van der Waals surface area contributed by atoms with Crippen LogP contribution in [-0.2, 0) is 0 Å². The topological polar surface area (TPSA) is 43.8 Å². The van der Waals surface area contributed by atoms with E-state index >= 15 is 0 Å². The fourth-order valence-electron chi connectivity index (χ4n) is 2.56. The van der Waals surface area contributed by atoms with E-state index in [1.54, 1.807) is 0 Å². The van der Waals surface area contributed by atoms with E-state index in [0.717, 1.165) is 4.47 Å². The van der Waals surface area contributed by atoms with Gasteiger partial charge in [-0.3, -0.25) is 4.68 Å². The van der Waals surface area contributed by atoms with Gasteiger partial charge in [0.25, 0.3) is 0 Å². The van der Waals surface area contributed by atoms with Crippen LogP contribution < -0.4 is 5.73 Å². The van der Waals surface area contributed by atoms with E-state index in [1.165, 1.54) is 37.8 Å².